The van der Waals surface area contributed by atoms with Crippen LogP contribution < -0.4 is 11.1 Å². The van der Waals surface area contributed by atoms with Crippen LogP contribution in [0.15, 0.2) is 12.1 Å². The van der Waals surface area contributed by atoms with Crippen molar-refractivity contribution in [2.45, 2.75) is 19.4 Å². The number of rotatable bonds is 3. The Morgan fingerprint density at radius 2 is 2.24 bits per heavy atom. The summed E-state index contributed by atoms with van der Waals surface area (Å²) in [5, 5.41) is 3.07. The van der Waals surface area contributed by atoms with Crippen LogP contribution in [0.4, 0.5) is 5.69 Å². The van der Waals surface area contributed by atoms with Crippen molar-refractivity contribution >= 4 is 34.8 Å². The molecule has 0 saturated carbocycles. The fourth-order valence-electron chi connectivity index (χ4n) is 1.27. The second-order valence-corrected chi connectivity index (χ2v) is 4.25. The normalized spacial score (nSPS) is 11.6. The highest BCUT2D eigenvalue weighted by Crippen LogP contribution is 2.28. The number of halogens is 2. The van der Waals surface area contributed by atoms with Crippen LogP contribution in [0, 0.1) is 12.3 Å². The van der Waals surface area contributed by atoms with E-state index in [2.05, 4.69) is 11.2 Å². The predicted octanol–water partition coefficient (Wildman–Crippen LogP) is 2.72. The summed E-state index contributed by atoms with van der Waals surface area (Å²) in [5.74, 6) is 2.08. The maximum atomic E-state index is 11.9. The lowest BCUT2D eigenvalue weighted by Gasteiger charge is -2.12. The van der Waals surface area contributed by atoms with Crippen molar-refractivity contribution in [2.24, 2.45) is 0 Å². The van der Waals surface area contributed by atoms with Gasteiger partial charge in [0.1, 0.15) is 0 Å². The third-order valence-corrected chi connectivity index (χ3v) is 3.01. The van der Waals surface area contributed by atoms with E-state index in [4.69, 9.17) is 35.4 Å². The summed E-state index contributed by atoms with van der Waals surface area (Å²) >= 11 is 11.8. The summed E-state index contributed by atoms with van der Waals surface area (Å²) in [6.45, 7) is 1.87. The quantitative estimate of drug-likeness (QED) is 0.656. The molecule has 5 heteroatoms. The van der Waals surface area contributed by atoms with Gasteiger partial charge in [-0.25, -0.2) is 0 Å². The molecule has 0 aliphatic heterocycles. The Labute approximate surface area is 110 Å². The van der Waals surface area contributed by atoms with Crippen LogP contribution in [-0.2, 0) is 0 Å². The molecule has 3 nitrogen and oxygen atoms in total. The fraction of sp³-hybridized carbons (Fsp3) is 0.250. The average Bonchev–Trinajstić information content (AvgIpc) is 2.30. The van der Waals surface area contributed by atoms with E-state index in [1.54, 1.807) is 0 Å². The number of benzene rings is 1. The van der Waals surface area contributed by atoms with Gasteiger partial charge < -0.3 is 11.1 Å². The minimum absolute atomic E-state index is 0.172. The summed E-state index contributed by atoms with van der Waals surface area (Å²) < 4.78 is 0. The minimum Gasteiger partial charge on any atom is -0.399 e. The number of nitrogens with two attached hydrogens (primary N) is 1. The van der Waals surface area contributed by atoms with Crippen molar-refractivity contribution in [3.63, 3.8) is 0 Å². The van der Waals surface area contributed by atoms with Gasteiger partial charge in [-0.05, 0) is 18.6 Å². The van der Waals surface area contributed by atoms with Gasteiger partial charge in [-0.3, -0.25) is 4.79 Å². The molecule has 90 valence electrons. The molecular weight excluding hydrogens is 259 g/mol. The molecule has 17 heavy (non-hydrogen) atoms. The van der Waals surface area contributed by atoms with Gasteiger partial charge in [0.2, 0.25) is 0 Å². The summed E-state index contributed by atoms with van der Waals surface area (Å²) in [6, 6.07) is 2.62. The molecule has 1 aromatic carbocycles. The highest BCUT2D eigenvalue weighted by molar-refractivity contribution is 6.44. The highest BCUT2D eigenvalue weighted by atomic mass is 35.5. The zero-order chi connectivity index (χ0) is 13.0. The lowest BCUT2D eigenvalue weighted by atomic mass is 10.1. The molecule has 0 aliphatic rings. The number of nitrogens with one attached hydrogen (secondary N) is 1. The van der Waals surface area contributed by atoms with Gasteiger partial charge in [0, 0.05) is 5.69 Å². The predicted molar refractivity (Wildman–Crippen MR) is 71.3 cm³/mol. The summed E-state index contributed by atoms with van der Waals surface area (Å²) in [7, 11) is 0. The van der Waals surface area contributed by atoms with Gasteiger partial charge in [0.15, 0.2) is 0 Å². The minimum atomic E-state index is -0.381. The SMILES string of the molecule is C#CC(CC)NC(=O)c1cc(N)cc(Cl)c1Cl. The third kappa shape index (κ3) is 3.29. The van der Waals surface area contributed by atoms with Crippen LogP contribution in [0.25, 0.3) is 0 Å². The van der Waals surface area contributed by atoms with Crippen molar-refractivity contribution in [1.29, 1.82) is 0 Å². The molecule has 0 aliphatic carbocycles. The van der Waals surface area contributed by atoms with Crippen LogP contribution in [0.1, 0.15) is 23.7 Å². The second kappa shape index (κ2) is 5.81. The Morgan fingerprint density at radius 3 is 2.76 bits per heavy atom. The van der Waals surface area contributed by atoms with E-state index < -0.39 is 0 Å². The zero-order valence-electron chi connectivity index (χ0n) is 9.26. The van der Waals surface area contributed by atoms with Crippen molar-refractivity contribution in [3.8, 4) is 12.3 Å². The van der Waals surface area contributed by atoms with Crippen LogP contribution in [0.5, 0.6) is 0 Å². The Morgan fingerprint density at radius 1 is 1.59 bits per heavy atom. The third-order valence-electron chi connectivity index (χ3n) is 2.21. The Kier molecular flexibility index (Phi) is 4.68. The first-order valence-corrected chi connectivity index (χ1v) is 5.76. The second-order valence-electron chi connectivity index (χ2n) is 3.47. The largest absolute Gasteiger partial charge is 0.399 e. The van der Waals surface area contributed by atoms with Crippen LogP contribution in [0.2, 0.25) is 10.0 Å². The Bertz CT molecular complexity index is 480. The topological polar surface area (TPSA) is 55.1 Å². The summed E-state index contributed by atoms with van der Waals surface area (Å²) in [6.07, 6.45) is 5.89. The number of hydrogen-bond acceptors (Lipinski definition) is 2. The number of hydrogen-bond donors (Lipinski definition) is 2. The molecule has 0 bridgehead atoms. The number of amides is 1. The summed E-state index contributed by atoms with van der Waals surface area (Å²) in [4.78, 5) is 11.9. The lowest BCUT2D eigenvalue weighted by molar-refractivity contribution is 0.0945. The molecule has 3 N–H and O–H groups in total. The van der Waals surface area contributed by atoms with E-state index >= 15 is 0 Å². The number of carbonyl (C=O) groups is 1. The van der Waals surface area contributed by atoms with E-state index in [-0.39, 0.29) is 27.6 Å². The molecule has 1 unspecified atom stereocenters. The number of carbonyl (C=O) groups excluding carboxylic acids is 1. The van der Waals surface area contributed by atoms with E-state index in [1.165, 1.54) is 12.1 Å². The van der Waals surface area contributed by atoms with Gasteiger partial charge in [-0.2, -0.15) is 0 Å². The van der Waals surface area contributed by atoms with Gasteiger partial charge in [-0.15, -0.1) is 6.42 Å². The van der Waals surface area contributed by atoms with Crippen LogP contribution >= 0.6 is 23.2 Å². The molecule has 1 rings (SSSR count). The fourth-order valence-corrected chi connectivity index (χ4v) is 1.70. The molecule has 0 saturated heterocycles. The lowest BCUT2D eigenvalue weighted by Crippen LogP contribution is -2.33. The average molecular weight is 271 g/mol. The molecule has 0 heterocycles. The van der Waals surface area contributed by atoms with Gasteiger partial charge in [0.25, 0.3) is 5.91 Å². The van der Waals surface area contributed by atoms with E-state index in [0.717, 1.165) is 0 Å². The van der Waals surface area contributed by atoms with Gasteiger partial charge in [0.05, 0.1) is 21.7 Å². The van der Waals surface area contributed by atoms with Crippen LogP contribution in [0.3, 0.4) is 0 Å². The molecule has 1 aromatic rings. The van der Waals surface area contributed by atoms with Gasteiger partial charge in [-0.1, -0.05) is 36.0 Å². The molecule has 0 fully saturated rings. The molecule has 1 amide bonds. The highest BCUT2D eigenvalue weighted by Gasteiger charge is 2.16. The number of anilines is 1. The number of nitrogen functional groups attached to an aromatic ring is 1. The molecular formula is C12H12Cl2N2O. The first-order valence-electron chi connectivity index (χ1n) is 5.01. The molecule has 0 radical (unpaired) electrons. The maximum absolute atomic E-state index is 11.9. The first-order chi connectivity index (χ1) is 7.99. The maximum Gasteiger partial charge on any atom is 0.253 e. The van der Waals surface area contributed by atoms with Gasteiger partial charge >= 0.3 is 0 Å². The Hall–Kier alpha value is -1.37. The van der Waals surface area contributed by atoms with Crippen molar-refractivity contribution in [2.75, 3.05) is 5.73 Å². The monoisotopic (exact) mass is 270 g/mol. The van der Waals surface area contributed by atoms with E-state index in [1.807, 2.05) is 6.92 Å². The first kappa shape index (κ1) is 13.7. The van der Waals surface area contributed by atoms with Crippen LogP contribution in [-0.4, -0.2) is 11.9 Å². The Balaban J connectivity index is 3.01. The smallest absolute Gasteiger partial charge is 0.253 e. The van der Waals surface area contributed by atoms with E-state index in [9.17, 15) is 4.79 Å². The molecule has 0 spiro atoms. The van der Waals surface area contributed by atoms with Crippen molar-refractivity contribution in [3.05, 3.63) is 27.7 Å². The van der Waals surface area contributed by atoms with Crippen molar-refractivity contribution in [1.82, 2.24) is 5.32 Å². The van der Waals surface area contributed by atoms with Crippen molar-refractivity contribution < 1.29 is 4.79 Å². The van der Waals surface area contributed by atoms with E-state index in [0.29, 0.717) is 12.1 Å². The molecule has 0 aromatic heterocycles. The zero-order valence-corrected chi connectivity index (χ0v) is 10.8. The summed E-state index contributed by atoms with van der Waals surface area (Å²) in [5.41, 5.74) is 6.20. The standard InChI is InChI=1S/C12H12Cl2N2O/c1-3-8(4-2)16-12(17)9-5-7(15)6-10(13)11(9)14/h1,5-6,8H,4,15H2,2H3,(H,16,17). The molecule has 1 atom stereocenters. The number of terminal acetylenes is 1.